The third-order valence-electron chi connectivity index (χ3n) is 1.62. The van der Waals surface area contributed by atoms with Gasteiger partial charge in [-0.2, -0.15) is 0 Å². The average Bonchev–Trinajstić information content (AvgIpc) is 2.10. The van der Waals surface area contributed by atoms with E-state index in [4.69, 9.17) is 17.4 Å². The molecule has 0 unspecified atom stereocenters. The molecule has 1 aromatic rings. The van der Waals surface area contributed by atoms with E-state index in [1.54, 1.807) is 6.92 Å². The zero-order valence-corrected chi connectivity index (χ0v) is 7.65. The number of nitrogens with one attached hydrogen (secondary N) is 1. The SMILES string of the molecule is Cc1cc(Cl)c(C(=O)NN)cc1F. The van der Waals surface area contributed by atoms with Crippen molar-refractivity contribution in [2.45, 2.75) is 6.92 Å². The van der Waals surface area contributed by atoms with Gasteiger partial charge in [0.1, 0.15) is 5.82 Å². The van der Waals surface area contributed by atoms with Crippen molar-refractivity contribution in [2.75, 3.05) is 0 Å². The predicted octanol–water partition coefficient (Wildman–Crippen LogP) is 1.39. The molecular weight excluding hydrogens is 195 g/mol. The highest BCUT2D eigenvalue weighted by atomic mass is 35.5. The number of hydrazine groups is 1. The number of amides is 1. The van der Waals surface area contributed by atoms with Crippen molar-refractivity contribution >= 4 is 17.5 Å². The number of nitrogen functional groups attached to an aromatic ring is 1. The minimum atomic E-state index is -0.607. The molecule has 5 heteroatoms. The van der Waals surface area contributed by atoms with Crippen molar-refractivity contribution in [3.63, 3.8) is 0 Å². The molecule has 70 valence electrons. The van der Waals surface area contributed by atoms with Gasteiger partial charge < -0.3 is 0 Å². The van der Waals surface area contributed by atoms with Gasteiger partial charge in [-0.25, -0.2) is 10.2 Å². The lowest BCUT2D eigenvalue weighted by atomic mass is 10.1. The monoisotopic (exact) mass is 202 g/mol. The first-order valence-corrected chi connectivity index (χ1v) is 3.90. The van der Waals surface area contributed by atoms with Crippen molar-refractivity contribution in [1.82, 2.24) is 5.43 Å². The highest BCUT2D eigenvalue weighted by molar-refractivity contribution is 6.33. The van der Waals surface area contributed by atoms with Crippen molar-refractivity contribution in [3.8, 4) is 0 Å². The molecular formula is C8H8ClFN2O. The maximum absolute atomic E-state index is 13.0. The number of carbonyl (C=O) groups is 1. The highest BCUT2D eigenvalue weighted by Gasteiger charge is 2.11. The van der Waals surface area contributed by atoms with Crippen LogP contribution in [0, 0.1) is 12.7 Å². The number of hydrogen-bond donors (Lipinski definition) is 2. The maximum Gasteiger partial charge on any atom is 0.266 e. The standard InChI is InChI=1S/C8H8ClFN2O/c1-4-2-6(9)5(3-7(4)10)8(13)12-11/h2-3H,11H2,1H3,(H,12,13). The minimum Gasteiger partial charge on any atom is -0.290 e. The van der Waals surface area contributed by atoms with Crippen LogP contribution in [0.5, 0.6) is 0 Å². The molecule has 0 saturated heterocycles. The molecule has 0 atom stereocenters. The first kappa shape index (κ1) is 9.95. The first-order valence-electron chi connectivity index (χ1n) is 3.53. The minimum absolute atomic E-state index is 0.0345. The van der Waals surface area contributed by atoms with E-state index in [1.807, 2.05) is 5.43 Å². The van der Waals surface area contributed by atoms with Crippen LogP contribution in [0.1, 0.15) is 15.9 Å². The summed E-state index contributed by atoms with van der Waals surface area (Å²) in [6.07, 6.45) is 0. The molecule has 1 amide bonds. The summed E-state index contributed by atoms with van der Waals surface area (Å²) in [5.74, 6) is 3.79. The lowest BCUT2D eigenvalue weighted by molar-refractivity contribution is 0.0953. The van der Waals surface area contributed by atoms with Crippen molar-refractivity contribution in [2.24, 2.45) is 5.84 Å². The van der Waals surface area contributed by atoms with E-state index in [2.05, 4.69) is 0 Å². The summed E-state index contributed by atoms with van der Waals surface area (Å²) in [4.78, 5) is 11.0. The molecule has 0 aliphatic heterocycles. The van der Waals surface area contributed by atoms with E-state index in [-0.39, 0.29) is 10.6 Å². The fraction of sp³-hybridized carbons (Fsp3) is 0.125. The van der Waals surface area contributed by atoms with Gasteiger partial charge >= 0.3 is 0 Å². The lowest BCUT2D eigenvalue weighted by Crippen LogP contribution is -2.30. The number of halogens is 2. The Bertz CT molecular complexity index is 354. The Kier molecular flexibility index (Phi) is 2.85. The quantitative estimate of drug-likeness (QED) is 0.411. The molecule has 13 heavy (non-hydrogen) atoms. The van der Waals surface area contributed by atoms with Crippen LogP contribution < -0.4 is 11.3 Å². The van der Waals surface area contributed by atoms with Crippen molar-refractivity contribution < 1.29 is 9.18 Å². The van der Waals surface area contributed by atoms with Crippen LogP contribution >= 0.6 is 11.6 Å². The molecule has 0 heterocycles. The summed E-state index contributed by atoms with van der Waals surface area (Å²) in [7, 11) is 0. The Morgan fingerprint density at radius 1 is 1.62 bits per heavy atom. The van der Waals surface area contributed by atoms with Crippen molar-refractivity contribution in [3.05, 3.63) is 34.1 Å². The highest BCUT2D eigenvalue weighted by Crippen LogP contribution is 2.19. The fourth-order valence-electron chi connectivity index (χ4n) is 0.898. The van der Waals surface area contributed by atoms with E-state index in [0.29, 0.717) is 5.56 Å². The summed E-state index contributed by atoms with van der Waals surface area (Å²) in [5.41, 5.74) is 2.30. The third kappa shape index (κ3) is 1.96. The third-order valence-corrected chi connectivity index (χ3v) is 1.94. The second-order valence-corrected chi connectivity index (χ2v) is 2.96. The number of benzene rings is 1. The lowest BCUT2D eigenvalue weighted by Gasteiger charge is -2.04. The zero-order valence-electron chi connectivity index (χ0n) is 6.90. The second kappa shape index (κ2) is 3.72. The van der Waals surface area contributed by atoms with Gasteiger partial charge in [-0.05, 0) is 24.6 Å². The Balaban J connectivity index is 3.23. The first-order chi connectivity index (χ1) is 6.06. The van der Waals surface area contributed by atoms with Gasteiger partial charge in [0.15, 0.2) is 0 Å². The summed E-state index contributed by atoms with van der Waals surface area (Å²) in [6.45, 7) is 1.56. The molecule has 0 radical (unpaired) electrons. The molecule has 0 saturated carbocycles. The molecule has 1 aromatic carbocycles. The largest absolute Gasteiger partial charge is 0.290 e. The van der Waals surface area contributed by atoms with Gasteiger partial charge in [0, 0.05) is 0 Å². The van der Waals surface area contributed by atoms with E-state index < -0.39 is 11.7 Å². The van der Waals surface area contributed by atoms with Crippen LogP contribution in [0.4, 0.5) is 4.39 Å². The average molecular weight is 203 g/mol. The number of carbonyl (C=O) groups excluding carboxylic acids is 1. The van der Waals surface area contributed by atoms with Crippen LogP contribution in [0.15, 0.2) is 12.1 Å². The number of hydrogen-bond acceptors (Lipinski definition) is 2. The fourth-order valence-corrected chi connectivity index (χ4v) is 1.20. The van der Waals surface area contributed by atoms with Crippen LogP contribution in [0.25, 0.3) is 0 Å². The Labute approximate surface area is 79.7 Å². The van der Waals surface area contributed by atoms with Crippen LogP contribution in [0.3, 0.4) is 0 Å². The van der Waals surface area contributed by atoms with Crippen LogP contribution in [0.2, 0.25) is 5.02 Å². The van der Waals surface area contributed by atoms with Gasteiger partial charge in [0.2, 0.25) is 0 Å². The summed E-state index contributed by atoms with van der Waals surface area (Å²) in [6, 6.07) is 2.43. The van der Waals surface area contributed by atoms with Crippen molar-refractivity contribution in [1.29, 1.82) is 0 Å². The molecule has 0 spiro atoms. The van der Waals surface area contributed by atoms with E-state index in [9.17, 15) is 9.18 Å². The number of rotatable bonds is 1. The van der Waals surface area contributed by atoms with Gasteiger partial charge in [0.25, 0.3) is 5.91 Å². The summed E-state index contributed by atoms with van der Waals surface area (Å²) >= 11 is 5.69. The molecule has 0 fully saturated rings. The molecule has 0 aliphatic carbocycles. The molecule has 0 aliphatic rings. The van der Waals surface area contributed by atoms with Gasteiger partial charge in [-0.3, -0.25) is 10.2 Å². The van der Waals surface area contributed by atoms with Crippen LogP contribution in [-0.2, 0) is 0 Å². The Morgan fingerprint density at radius 3 is 2.77 bits per heavy atom. The summed E-state index contributed by atoms with van der Waals surface area (Å²) < 4.78 is 13.0. The van der Waals surface area contributed by atoms with E-state index in [1.165, 1.54) is 6.07 Å². The smallest absolute Gasteiger partial charge is 0.266 e. The molecule has 3 nitrogen and oxygen atoms in total. The molecule has 1 rings (SSSR count). The molecule has 3 N–H and O–H groups in total. The Hall–Kier alpha value is -1.13. The molecule has 0 bridgehead atoms. The number of aryl methyl sites for hydroxylation is 1. The van der Waals surface area contributed by atoms with Gasteiger partial charge in [0.05, 0.1) is 10.6 Å². The van der Waals surface area contributed by atoms with Crippen LogP contribution in [-0.4, -0.2) is 5.91 Å². The maximum atomic E-state index is 13.0. The van der Waals surface area contributed by atoms with Gasteiger partial charge in [-0.1, -0.05) is 11.6 Å². The number of nitrogens with two attached hydrogens (primary N) is 1. The van der Waals surface area contributed by atoms with E-state index >= 15 is 0 Å². The normalized spacial score (nSPS) is 9.85. The van der Waals surface area contributed by atoms with E-state index in [0.717, 1.165) is 6.07 Å². The van der Waals surface area contributed by atoms with Gasteiger partial charge in [-0.15, -0.1) is 0 Å². The Morgan fingerprint density at radius 2 is 2.23 bits per heavy atom. The predicted molar refractivity (Wildman–Crippen MR) is 47.8 cm³/mol. The topological polar surface area (TPSA) is 55.1 Å². The summed E-state index contributed by atoms with van der Waals surface area (Å²) in [5, 5.41) is 0.182. The second-order valence-electron chi connectivity index (χ2n) is 2.55. The zero-order chi connectivity index (χ0) is 10.0. The molecule has 0 aromatic heterocycles.